The van der Waals surface area contributed by atoms with Crippen molar-refractivity contribution in [3.05, 3.63) is 17.5 Å². The van der Waals surface area contributed by atoms with Gasteiger partial charge in [0.2, 0.25) is 5.82 Å². The first kappa shape index (κ1) is 8.99. The van der Waals surface area contributed by atoms with Gasteiger partial charge in [-0.1, -0.05) is 6.07 Å². The Balaban J connectivity index is 1.87. The van der Waals surface area contributed by atoms with Crippen LogP contribution in [0, 0.1) is 0 Å². The third kappa shape index (κ3) is 1.66. The zero-order valence-electron chi connectivity index (χ0n) is 8.13. The van der Waals surface area contributed by atoms with E-state index >= 15 is 0 Å². The SMILES string of the molecule is c1csc(-c2nnn(C3CCNC3)n2)c1. The van der Waals surface area contributed by atoms with Gasteiger partial charge in [0, 0.05) is 6.54 Å². The fraction of sp³-hybridized carbons (Fsp3) is 0.444. The summed E-state index contributed by atoms with van der Waals surface area (Å²) in [5.41, 5.74) is 0. The Morgan fingerprint density at radius 2 is 2.53 bits per heavy atom. The second-order valence-electron chi connectivity index (χ2n) is 3.56. The summed E-state index contributed by atoms with van der Waals surface area (Å²) in [6.45, 7) is 1.99. The van der Waals surface area contributed by atoms with Gasteiger partial charge in [0.25, 0.3) is 0 Å². The quantitative estimate of drug-likeness (QED) is 0.820. The zero-order valence-corrected chi connectivity index (χ0v) is 8.94. The second kappa shape index (κ2) is 3.71. The number of nitrogens with one attached hydrogen (secondary N) is 1. The minimum Gasteiger partial charge on any atom is -0.314 e. The van der Waals surface area contributed by atoms with Crippen molar-refractivity contribution in [2.24, 2.45) is 0 Å². The molecule has 1 atom stereocenters. The van der Waals surface area contributed by atoms with Crippen molar-refractivity contribution in [1.82, 2.24) is 25.5 Å². The maximum atomic E-state index is 4.40. The zero-order chi connectivity index (χ0) is 10.1. The van der Waals surface area contributed by atoms with Crippen LogP contribution in [0.3, 0.4) is 0 Å². The van der Waals surface area contributed by atoms with Crippen LogP contribution < -0.4 is 5.32 Å². The lowest BCUT2D eigenvalue weighted by molar-refractivity contribution is 0.424. The van der Waals surface area contributed by atoms with Gasteiger partial charge in [0.1, 0.15) is 0 Å². The van der Waals surface area contributed by atoms with Crippen LogP contribution in [0.5, 0.6) is 0 Å². The molecule has 6 heteroatoms. The first-order valence-corrected chi connectivity index (χ1v) is 5.85. The normalized spacial score (nSPS) is 20.9. The minimum absolute atomic E-state index is 0.367. The summed E-state index contributed by atoms with van der Waals surface area (Å²) in [5, 5.41) is 17.9. The molecular weight excluding hydrogens is 210 g/mol. The lowest BCUT2D eigenvalue weighted by atomic mass is 10.3. The summed E-state index contributed by atoms with van der Waals surface area (Å²) in [7, 11) is 0. The average molecular weight is 221 g/mol. The summed E-state index contributed by atoms with van der Waals surface area (Å²) < 4.78 is 0. The monoisotopic (exact) mass is 221 g/mol. The van der Waals surface area contributed by atoms with Crippen molar-refractivity contribution in [3.63, 3.8) is 0 Å². The van der Waals surface area contributed by atoms with E-state index in [1.165, 1.54) is 0 Å². The number of rotatable bonds is 2. The Morgan fingerprint density at radius 1 is 1.53 bits per heavy atom. The molecule has 1 fully saturated rings. The van der Waals surface area contributed by atoms with Gasteiger partial charge in [0.05, 0.1) is 10.9 Å². The topological polar surface area (TPSA) is 55.6 Å². The summed E-state index contributed by atoms with van der Waals surface area (Å²) in [6.07, 6.45) is 1.08. The van der Waals surface area contributed by atoms with Crippen LogP contribution >= 0.6 is 11.3 Å². The molecule has 1 unspecified atom stereocenters. The van der Waals surface area contributed by atoms with Crippen LogP contribution in [0.15, 0.2) is 17.5 Å². The van der Waals surface area contributed by atoms with E-state index in [9.17, 15) is 0 Å². The predicted molar refractivity (Wildman–Crippen MR) is 57.7 cm³/mol. The Morgan fingerprint density at radius 3 is 3.27 bits per heavy atom. The maximum Gasteiger partial charge on any atom is 0.214 e. The van der Waals surface area contributed by atoms with Crippen LogP contribution in [-0.2, 0) is 0 Å². The molecule has 15 heavy (non-hydrogen) atoms. The fourth-order valence-corrected chi connectivity index (χ4v) is 2.37. The molecule has 3 rings (SSSR count). The van der Waals surface area contributed by atoms with Gasteiger partial charge in [0.15, 0.2) is 0 Å². The van der Waals surface area contributed by atoms with Gasteiger partial charge in [-0.25, -0.2) is 0 Å². The molecule has 0 aromatic carbocycles. The summed E-state index contributed by atoms with van der Waals surface area (Å²) in [6, 6.07) is 4.38. The molecule has 5 nitrogen and oxygen atoms in total. The number of thiophene rings is 1. The van der Waals surface area contributed by atoms with Gasteiger partial charge in [-0.3, -0.25) is 0 Å². The minimum atomic E-state index is 0.367. The molecule has 1 saturated heterocycles. The molecule has 0 aliphatic carbocycles. The molecule has 0 saturated carbocycles. The Labute approximate surface area is 91.1 Å². The van der Waals surface area contributed by atoms with Crippen LogP contribution in [0.1, 0.15) is 12.5 Å². The lowest BCUT2D eigenvalue weighted by Gasteiger charge is -2.03. The summed E-state index contributed by atoms with van der Waals surface area (Å²) >= 11 is 1.64. The highest BCUT2D eigenvalue weighted by Crippen LogP contribution is 2.21. The second-order valence-corrected chi connectivity index (χ2v) is 4.51. The summed E-state index contributed by atoms with van der Waals surface area (Å²) in [4.78, 5) is 2.81. The van der Waals surface area contributed by atoms with Crippen molar-refractivity contribution in [2.75, 3.05) is 13.1 Å². The molecule has 1 aliphatic heterocycles. The van der Waals surface area contributed by atoms with E-state index in [4.69, 9.17) is 0 Å². The number of hydrogen-bond acceptors (Lipinski definition) is 5. The summed E-state index contributed by atoms with van der Waals surface area (Å²) in [5.74, 6) is 0.733. The van der Waals surface area contributed by atoms with E-state index in [1.54, 1.807) is 16.1 Å². The van der Waals surface area contributed by atoms with E-state index in [2.05, 4.69) is 20.7 Å². The van der Waals surface area contributed by atoms with E-state index in [0.29, 0.717) is 6.04 Å². The molecule has 0 bridgehead atoms. The third-order valence-electron chi connectivity index (χ3n) is 2.53. The molecule has 1 N–H and O–H groups in total. The molecule has 0 spiro atoms. The standard InChI is InChI=1S/C9H11N5S/c1-2-8(15-5-1)9-11-13-14(12-9)7-3-4-10-6-7/h1-2,5,7,10H,3-4,6H2. The largest absolute Gasteiger partial charge is 0.314 e. The van der Waals surface area contributed by atoms with Gasteiger partial charge in [-0.15, -0.1) is 21.5 Å². The lowest BCUT2D eigenvalue weighted by Crippen LogP contribution is -2.15. The van der Waals surface area contributed by atoms with E-state index < -0.39 is 0 Å². The van der Waals surface area contributed by atoms with Crippen molar-refractivity contribution in [1.29, 1.82) is 0 Å². The van der Waals surface area contributed by atoms with Crippen molar-refractivity contribution >= 4 is 11.3 Å². The van der Waals surface area contributed by atoms with Crippen LogP contribution in [0.2, 0.25) is 0 Å². The average Bonchev–Trinajstić information content (AvgIpc) is 3.02. The Hall–Kier alpha value is -1.27. The molecule has 0 amide bonds. The van der Waals surface area contributed by atoms with Crippen LogP contribution in [0.4, 0.5) is 0 Å². The third-order valence-corrected chi connectivity index (χ3v) is 3.40. The number of tetrazole rings is 1. The van der Waals surface area contributed by atoms with Gasteiger partial charge in [-0.05, 0) is 29.6 Å². The van der Waals surface area contributed by atoms with E-state index in [0.717, 1.165) is 30.2 Å². The Bertz CT molecular complexity index is 429. The fourth-order valence-electron chi connectivity index (χ4n) is 1.72. The number of aromatic nitrogens is 4. The molecule has 3 heterocycles. The van der Waals surface area contributed by atoms with Crippen molar-refractivity contribution < 1.29 is 0 Å². The van der Waals surface area contributed by atoms with E-state index in [1.807, 2.05) is 17.5 Å². The first-order chi connectivity index (χ1) is 7.43. The number of hydrogen-bond donors (Lipinski definition) is 1. The smallest absolute Gasteiger partial charge is 0.214 e. The predicted octanol–water partition coefficient (Wildman–Crippen LogP) is 0.936. The van der Waals surface area contributed by atoms with Crippen molar-refractivity contribution in [3.8, 4) is 10.7 Å². The Kier molecular flexibility index (Phi) is 2.22. The van der Waals surface area contributed by atoms with Gasteiger partial charge < -0.3 is 5.32 Å². The molecular formula is C9H11N5S. The molecule has 2 aromatic heterocycles. The van der Waals surface area contributed by atoms with E-state index in [-0.39, 0.29) is 0 Å². The molecule has 0 radical (unpaired) electrons. The molecule has 1 aliphatic rings. The number of nitrogens with zero attached hydrogens (tertiary/aromatic N) is 4. The van der Waals surface area contributed by atoms with Crippen LogP contribution in [-0.4, -0.2) is 33.3 Å². The molecule has 2 aromatic rings. The first-order valence-electron chi connectivity index (χ1n) is 4.97. The maximum absolute atomic E-state index is 4.40. The van der Waals surface area contributed by atoms with Gasteiger partial charge in [-0.2, -0.15) is 4.80 Å². The highest BCUT2D eigenvalue weighted by molar-refractivity contribution is 7.13. The van der Waals surface area contributed by atoms with Gasteiger partial charge >= 0.3 is 0 Å². The molecule has 78 valence electrons. The van der Waals surface area contributed by atoms with Crippen LogP contribution in [0.25, 0.3) is 10.7 Å². The highest BCUT2D eigenvalue weighted by atomic mass is 32.1. The van der Waals surface area contributed by atoms with Crippen molar-refractivity contribution in [2.45, 2.75) is 12.5 Å². The highest BCUT2D eigenvalue weighted by Gasteiger charge is 2.19.